The lowest BCUT2D eigenvalue weighted by molar-refractivity contribution is -0.271. The second kappa shape index (κ2) is 7.84. The molecule has 3 aromatic rings. The van der Waals surface area contributed by atoms with E-state index in [1.165, 1.54) is 26.0 Å². The van der Waals surface area contributed by atoms with Gasteiger partial charge in [0.2, 0.25) is 11.0 Å². The molecule has 1 atom stereocenters. The Labute approximate surface area is 192 Å². The maximum absolute atomic E-state index is 14.3. The van der Waals surface area contributed by atoms with Crippen molar-refractivity contribution in [2.24, 2.45) is 0 Å². The molecule has 1 N–H and O–H groups in total. The Kier molecular flexibility index (Phi) is 5.60. The number of nitrogens with zero attached hydrogens (tertiary/aromatic N) is 2. The number of aromatic nitrogens is 2. The van der Waals surface area contributed by atoms with E-state index in [0.717, 1.165) is 29.5 Å². The van der Waals surface area contributed by atoms with Crippen LogP contribution in [0.4, 0.5) is 13.2 Å². The molecule has 184 valence electrons. The standard InChI is InChI=1S/C22H23F3N2O6S/c1-20(2,15-9-14(34(3,30)31)8-13-5-7-32-17(13)15)10-21(29,22(23,24)25)11-27-6-4-16(28)18-19(27)26-12-33-18/h4,6,8-9,12,29H,5,7,10-11H2,1-3H3. The van der Waals surface area contributed by atoms with Gasteiger partial charge in [0, 0.05) is 30.5 Å². The number of sulfone groups is 1. The van der Waals surface area contributed by atoms with E-state index in [4.69, 9.17) is 9.15 Å². The number of aliphatic hydroxyl groups is 1. The predicted octanol–water partition coefficient (Wildman–Crippen LogP) is 2.99. The summed E-state index contributed by atoms with van der Waals surface area (Å²) in [6, 6.07) is 3.81. The van der Waals surface area contributed by atoms with Crippen LogP contribution in [0.25, 0.3) is 11.2 Å². The van der Waals surface area contributed by atoms with Gasteiger partial charge in [0.05, 0.1) is 18.0 Å². The summed E-state index contributed by atoms with van der Waals surface area (Å²) >= 11 is 0. The summed E-state index contributed by atoms with van der Waals surface area (Å²) in [6.45, 7) is 2.29. The fourth-order valence-corrected chi connectivity index (χ4v) is 5.08. The lowest BCUT2D eigenvalue weighted by Crippen LogP contribution is -2.52. The van der Waals surface area contributed by atoms with E-state index in [1.807, 2.05) is 0 Å². The molecule has 8 nitrogen and oxygen atoms in total. The van der Waals surface area contributed by atoms with Gasteiger partial charge < -0.3 is 18.8 Å². The van der Waals surface area contributed by atoms with Gasteiger partial charge in [-0.05, 0) is 29.5 Å². The number of rotatable bonds is 6. The van der Waals surface area contributed by atoms with Crippen LogP contribution in [-0.4, -0.2) is 47.7 Å². The quantitative estimate of drug-likeness (QED) is 0.554. The maximum atomic E-state index is 14.3. The van der Waals surface area contributed by atoms with Crippen LogP contribution >= 0.6 is 0 Å². The van der Waals surface area contributed by atoms with Crippen molar-refractivity contribution in [2.45, 2.75) is 55.3 Å². The molecule has 0 spiro atoms. The van der Waals surface area contributed by atoms with E-state index in [1.54, 1.807) is 0 Å². The van der Waals surface area contributed by atoms with E-state index < -0.39 is 45.4 Å². The van der Waals surface area contributed by atoms with Crippen molar-refractivity contribution < 1.29 is 35.8 Å². The van der Waals surface area contributed by atoms with Gasteiger partial charge in [-0.25, -0.2) is 8.42 Å². The molecule has 1 unspecified atom stereocenters. The van der Waals surface area contributed by atoms with Gasteiger partial charge in [0.15, 0.2) is 27.5 Å². The Bertz CT molecular complexity index is 1420. The van der Waals surface area contributed by atoms with E-state index in [0.29, 0.717) is 17.7 Å². The molecule has 34 heavy (non-hydrogen) atoms. The summed E-state index contributed by atoms with van der Waals surface area (Å²) in [5, 5.41) is 11.0. The number of oxazole rings is 1. The van der Waals surface area contributed by atoms with Crippen molar-refractivity contribution in [1.82, 2.24) is 9.55 Å². The fourth-order valence-electron chi connectivity index (χ4n) is 4.39. The summed E-state index contributed by atoms with van der Waals surface area (Å²) in [4.78, 5) is 15.7. The fraction of sp³-hybridized carbons (Fsp3) is 0.455. The minimum atomic E-state index is -5.07. The van der Waals surface area contributed by atoms with Crippen LogP contribution in [-0.2, 0) is 28.2 Å². The van der Waals surface area contributed by atoms with Crippen LogP contribution in [0.1, 0.15) is 31.4 Å². The van der Waals surface area contributed by atoms with Gasteiger partial charge in [0.1, 0.15) is 5.75 Å². The van der Waals surface area contributed by atoms with E-state index in [9.17, 15) is 31.5 Å². The largest absolute Gasteiger partial charge is 0.493 e. The summed E-state index contributed by atoms with van der Waals surface area (Å²) in [7, 11) is -3.64. The third kappa shape index (κ3) is 4.20. The third-order valence-electron chi connectivity index (χ3n) is 6.06. The highest BCUT2D eigenvalue weighted by Gasteiger charge is 2.56. The lowest BCUT2D eigenvalue weighted by atomic mass is 9.74. The van der Waals surface area contributed by atoms with Crippen LogP contribution in [0.3, 0.4) is 0 Å². The Morgan fingerprint density at radius 2 is 1.94 bits per heavy atom. The minimum absolute atomic E-state index is 0.0277. The number of halogens is 3. The van der Waals surface area contributed by atoms with Crippen molar-refractivity contribution >= 4 is 21.1 Å². The molecular weight excluding hydrogens is 477 g/mol. The average Bonchev–Trinajstić information content (AvgIpc) is 3.37. The zero-order valence-corrected chi connectivity index (χ0v) is 19.5. The normalized spacial score (nSPS) is 16.3. The van der Waals surface area contributed by atoms with Gasteiger partial charge >= 0.3 is 6.18 Å². The summed E-state index contributed by atoms with van der Waals surface area (Å²) < 4.78 is 78.9. The Morgan fingerprint density at radius 3 is 2.59 bits per heavy atom. The van der Waals surface area contributed by atoms with Crippen LogP contribution in [0.2, 0.25) is 0 Å². The number of hydrogen-bond donors (Lipinski definition) is 1. The molecular formula is C22H23F3N2O6S. The summed E-state index contributed by atoms with van der Waals surface area (Å²) in [6.07, 6.45) is -2.39. The van der Waals surface area contributed by atoms with E-state index in [2.05, 4.69) is 4.98 Å². The van der Waals surface area contributed by atoms with E-state index >= 15 is 0 Å². The zero-order chi connectivity index (χ0) is 25.1. The van der Waals surface area contributed by atoms with Crippen LogP contribution in [0, 0.1) is 0 Å². The van der Waals surface area contributed by atoms with Crippen molar-refractivity contribution in [1.29, 1.82) is 0 Å². The molecule has 3 heterocycles. The molecule has 1 aliphatic heterocycles. The van der Waals surface area contributed by atoms with Gasteiger partial charge in [-0.3, -0.25) is 4.79 Å². The molecule has 0 fully saturated rings. The third-order valence-corrected chi connectivity index (χ3v) is 7.15. The van der Waals surface area contributed by atoms with Crippen LogP contribution < -0.4 is 10.2 Å². The maximum Gasteiger partial charge on any atom is 0.418 e. The highest BCUT2D eigenvalue weighted by molar-refractivity contribution is 7.90. The van der Waals surface area contributed by atoms with Crippen LogP contribution in [0.15, 0.2) is 44.9 Å². The monoisotopic (exact) mass is 500 g/mol. The van der Waals surface area contributed by atoms with Gasteiger partial charge in [-0.1, -0.05) is 13.8 Å². The minimum Gasteiger partial charge on any atom is -0.493 e. The molecule has 1 aliphatic rings. The number of pyridine rings is 1. The molecule has 0 saturated carbocycles. The number of hydrogen-bond acceptors (Lipinski definition) is 7. The predicted molar refractivity (Wildman–Crippen MR) is 116 cm³/mol. The molecule has 4 rings (SSSR count). The van der Waals surface area contributed by atoms with Crippen molar-refractivity contribution in [3.63, 3.8) is 0 Å². The summed E-state index contributed by atoms with van der Waals surface area (Å²) in [5.41, 5.74) is -4.67. The molecule has 0 bridgehead atoms. The molecule has 2 aromatic heterocycles. The Balaban J connectivity index is 1.80. The Hall–Kier alpha value is -2.86. The molecule has 0 radical (unpaired) electrons. The van der Waals surface area contributed by atoms with E-state index in [-0.39, 0.29) is 28.3 Å². The van der Waals surface area contributed by atoms with Crippen LogP contribution in [0.5, 0.6) is 5.75 Å². The lowest BCUT2D eigenvalue weighted by Gasteiger charge is -2.38. The first-order valence-corrected chi connectivity index (χ1v) is 12.2. The van der Waals surface area contributed by atoms with Crippen molar-refractivity contribution in [3.8, 4) is 5.75 Å². The second-order valence-corrected chi connectivity index (χ2v) is 11.2. The van der Waals surface area contributed by atoms with Gasteiger partial charge in [-0.15, -0.1) is 0 Å². The smallest absolute Gasteiger partial charge is 0.418 e. The second-order valence-electron chi connectivity index (χ2n) is 9.23. The van der Waals surface area contributed by atoms with Crippen molar-refractivity contribution in [3.05, 3.63) is 52.1 Å². The first-order chi connectivity index (χ1) is 15.6. The number of ether oxygens (including phenoxy) is 1. The molecule has 0 saturated heterocycles. The Morgan fingerprint density at radius 1 is 1.24 bits per heavy atom. The summed E-state index contributed by atoms with van der Waals surface area (Å²) in [5.74, 6) is 0.337. The molecule has 1 aromatic carbocycles. The average molecular weight is 500 g/mol. The topological polar surface area (TPSA) is 112 Å². The highest BCUT2D eigenvalue weighted by Crippen LogP contribution is 2.47. The molecule has 0 amide bonds. The molecule has 0 aliphatic carbocycles. The first kappa shape index (κ1) is 24.3. The first-order valence-electron chi connectivity index (χ1n) is 10.3. The number of fused-ring (bicyclic) bond motifs is 2. The van der Waals surface area contributed by atoms with Gasteiger partial charge in [-0.2, -0.15) is 18.2 Å². The van der Waals surface area contributed by atoms with Gasteiger partial charge in [0.25, 0.3) is 0 Å². The zero-order valence-electron chi connectivity index (χ0n) is 18.6. The SMILES string of the molecule is CC(C)(CC(O)(Cn1ccc(=O)c2ocnc21)C(F)(F)F)c1cc(S(C)(=O)=O)cc2c1OCC2. The highest BCUT2D eigenvalue weighted by atomic mass is 32.2. The molecule has 12 heteroatoms. The number of benzene rings is 1. The van der Waals surface area contributed by atoms with Crippen molar-refractivity contribution in [2.75, 3.05) is 12.9 Å². The number of alkyl halides is 3.